The maximum atomic E-state index is 13.1. The topological polar surface area (TPSA) is 198 Å². The molecule has 0 atom stereocenters. The van der Waals surface area contributed by atoms with Gasteiger partial charge in [0.15, 0.2) is 11.3 Å². The molecule has 2 aliphatic carbocycles. The van der Waals surface area contributed by atoms with Crippen LogP contribution in [0.1, 0.15) is 63.5 Å². The Morgan fingerprint density at radius 1 is 0.468 bits per heavy atom. The lowest BCUT2D eigenvalue weighted by Gasteiger charge is -2.25. The van der Waals surface area contributed by atoms with E-state index in [9.17, 15) is 19.0 Å². The average Bonchev–Trinajstić information content (AvgIpc) is 3.88. The highest BCUT2D eigenvalue weighted by molar-refractivity contribution is 5.99. The van der Waals surface area contributed by atoms with Gasteiger partial charge in [-0.25, -0.2) is 38.1 Å². The molecular formula is C46H44F2N10O4. The fraction of sp³-hybridized carbons (Fsp3) is 0.261. The molecule has 2 saturated carbocycles. The molecule has 10 rings (SSSR count). The van der Waals surface area contributed by atoms with E-state index in [1.165, 1.54) is 36.9 Å². The van der Waals surface area contributed by atoms with Crippen LogP contribution in [0.2, 0.25) is 0 Å². The van der Waals surface area contributed by atoms with Gasteiger partial charge in [-0.1, -0.05) is 0 Å². The molecule has 4 aromatic carbocycles. The number of nitrogen functional groups attached to an aromatic ring is 2. The van der Waals surface area contributed by atoms with E-state index < -0.39 is 0 Å². The van der Waals surface area contributed by atoms with Crippen LogP contribution in [0.25, 0.3) is 44.6 Å². The number of benzene rings is 4. The Morgan fingerprint density at radius 3 is 1.13 bits per heavy atom. The molecule has 8 aromatic rings. The molecule has 0 unspecified atom stereocenters. The summed E-state index contributed by atoms with van der Waals surface area (Å²) < 4.78 is 41.6. The minimum atomic E-state index is -0.308. The molecule has 0 aliphatic heterocycles. The Balaban J connectivity index is 0.000000158. The summed E-state index contributed by atoms with van der Waals surface area (Å²) in [5.41, 5.74) is 17.0. The number of anilines is 2. The molecule has 2 fully saturated rings. The number of aromatic nitrogens is 8. The molecule has 62 heavy (non-hydrogen) atoms. The standard InChI is InChI=1S/2C23H22FN5O2/c2*24-15-3-11-19(12-4-15)31-18-9-1-14(2-10-18)21-20-22(25)26-13-27-23(20)29(28-21)16-5-7-17(30)8-6-16/h2*1-4,9-13,16-17,30H,5-8H2,(H2,25,26,27). The lowest BCUT2D eigenvalue weighted by molar-refractivity contribution is 0.108. The van der Waals surface area contributed by atoms with Crippen LogP contribution in [0.15, 0.2) is 110 Å². The van der Waals surface area contributed by atoms with E-state index in [1.807, 2.05) is 57.9 Å². The molecule has 316 valence electrons. The van der Waals surface area contributed by atoms with E-state index in [4.69, 9.17) is 31.1 Å². The van der Waals surface area contributed by atoms with Gasteiger partial charge in [-0.15, -0.1) is 0 Å². The highest BCUT2D eigenvalue weighted by atomic mass is 19.1. The quantitative estimate of drug-likeness (QED) is 0.113. The number of rotatable bonds is 8. The molecule has 0 bridgehead atoms. The van der Waals surface area contributed by atoms with Crippen molar-refractivity contribution in [3.8, 4) is 45.5 Å². The van der Waals surface area contributed by atoms with Crippen molar-refractivity contribution < 1.29 is 28.5 Å². The maximum absolute atomic E-state index is 13.1. The lowest BCUT2D eigenvalue weighted by atomic mass is 9.93. The van der Waals surface area contributed by atoms with E-state index in [-0.39, 0.29) is 35.9 Å². The van der Waals surface area contributed by atoms with Gasteiger partial charge in [0.2, 0.25) is 0 Å². The zero-order valence-corrected chi connectivity index (χ0v) is 33.6. The summed E-state index contributed by atoms with van der Waals surface area (Å²) >= 11 is 0. The van der Waals surface area contributed by atoms with Crippen molar-refractivity contribution in [1.29, 1.82) is 0 Å². The third-order valence-corrected chi connectivity index (χ3v) is 11.4. The average molecular weight is 839 g/mol. The fourth-order valence-corrected chi connectivity index (χ4v) is 8.15. The van der Waals surface area contributed by atoms with Crippen LogP contribution in [-0.4, -0.2) is 61.9 Å². The van der Waals surface area contributed by atoms with Gasteiger partial charge in [-0.3, -0.25) is 0 Å². The minimum Gasteiger partial charge on any atom is -0.457 e. The van der Waals surface area contributed by atoms with Gasteiger partial charge in [0, 0.05) is 11.1 Å². The number of ether oxygens (including phenoxy) is 2. The lowest BCUT2D eigenvalue weighted by Crippen LogP contribution is -2.22. The molecule has 0 radical (unpaired) electrons. The van der Waals surface area contributed by atoms with E-state index in [0.29, 0.717) is 57.3 Å². The summed E-state index contributed by atoms with van der Waals surface area (Å²) in [4.78, 5) is 17.2. The second kappa shape index (κ2) is 17.5. The second-order valence-electron chi connectivity index (χ2n) is 15.6. The summed E-state index contributed by atoms with van der Waals surface area (Å²) in [6.07, 6.45) is 8.77. The number of halogens is 2. The smallest absolute Gasteiger partial charge is 0.164 e. The number of fused-ring (bicyclic) bond motifs is 2. The summed E-state index contributed by atoms with van der Waals surface area (Å²) in [6, 6.07) is 27.0. The largest absolute Gasteiger partial charge is 0.457 e. The van der Waals surface area contributed by atoms with E-state index in [2.05, 4.69) is 19.9 Å². The van der Waals surface area contributed by atoms with Crippen LogP contribution >= 0.6 is 0 Å². The molecule has 0 spiro atoms. The predicted octanol–water partition coefficient (Wildman–Crippen LogP) is 8.97. The van der Waals surface area contributed by atoms with Gasteiger partial charge in [0.25, 0.3) is 0 Å². The summed E-state index contributed by atoms with van der Waals surface area (Å²) in [6.45, 7) is 0. The van der Waals surface area contributed by atoms with Gasteiger partial charge in [-0.05, 0) is 148 Å². The van der Waals surface area contributed by atoms with Crippen molar-refractivity contribution in [2.24, 2.45) is 0 Å². The number of aliphatic hydroxyl groups is 2. The number of hydrogen-bond donors (Lipinski definition) is 4. The zero-order valence-electron chi connectivity index (χ0n) is 33.6. The maximum Gasteiger partial charge on any atom is 0.164 e. The molecule has 14 nitrogen and oxygen atoms in total. The third kappa shape index (κ3) is 8.60. The van der Waals surface area contributed by atoms with Gasteiger partial charge < -0.3 is 31.2 Å². The first kappa shape index (κ1) is 40.4. The first-order valence-electron chi connectivity index (χ1n) is 20.6. The number of aliphatic hydroxyl groups excluding tert-OH is 2. The highest BCUT2D eigenvalue weighted by Gasteiger charge is 2.28. The molecule has 4 aromatic heterocycles. The Hall–Kier alpha value is -7.04. The molecule has 4 heterocycles. The van der Waals surface area contributed by atoms with E-state index >= 15 is 0 Å². The molecule has 0 amide bonds. The van der Waals surface area contributed by atoms with Gasteiger partial charge in [0.05, 0.1) is 35.1 Å². The monoisotopic (exact) mass is 838 g/mol. The van der Waals surface area contributed by atoms with E-state index in [0.717, 1.165) is 73.3 Å². The predicted molar refractivity (Wildman–Crippen MR) is 230 cm³/mol. The van der Waals surface area contributed by atoms with Crippen LogP contribution in [0.5, 0.6) is 23.0 Å². The molecule has 2 aliphatic rings. The van der Waals surface area contributed by atoms with Gasteiger partial charge in [0.1, 0.15) is 70.3 Å². The van der Waals surface area contributed by atoms with Crippen LogP contribution in [0.4, 0.5) is 20.4 Å². The first-order valence-corrected chi connectivity index (χ1v) is 20.6. The summed E-state index contributed by atoms with van der Waals surface area (Å²) in [5, 5.41) is 30.9. The van der Waals surface area contributed by atoms with Crippen molar-refractivity contribution in [3.05, 3.63) is 121 Å². The Morgan fingerprint density at radius 2 is 0.790 bits per heavy atom. The van der Waals surface area contributed by atoms with Crippen LogP contribution < -0.4 is 20.9 Å². The van der Waals surface area contributed by atoms with Crippen LogP contribution in [0.3, 0.4) is 0 Å². The van der Waals surface area contributed by atoms with Crippen LogP contribution in [0, 0.1) is 11.6 Å². The minimum absolute atomic E-state index is 0.162. The van der Waals surface area contributed by atoms with Gasteiger partial charge >= 0.3 is 0 Å². The zero-order chi connectivity index (χ0) is 42.7. The Labute approximate surface area is 354 Å². The molecular weight excluding hydrogens is 795 g/mol. The molecule has 6 N–H and O–H groups in total. The van der Waals surface area contributed by atoms with Crippen molar-refractivity contribution in [3.63, 3.8) is 0 Å². The fourth-order valence-electron chi connectivity index (χ4n) is 8.15. The molecule has 16 heteroatoms. The molecule has 0 saturated heterocycles. The highest BCUT2D eigenvalue weighted by Crippen LogP contribution is 2.38. The van der Waals surface area contributed by atoms with Crippen molar-refractivity contribution >= 4 is 33.7 Å². The Bertz CT molecular complexity index is 2590. The number of hydrogen-bond acceptors (Lipinski definition) is 12. The normalized spacial score (nSPS) is 18.9. The Kier molecular flexibility index (Phi) is 11.4. The van der Waals surface area contributed by atoms with Gasteiger partial charge in [-0.2, -0.15) is 10.2 Å². The summed E-state index contributed by atoms with van der Waals surface area (Å²) in [7, 11) is 0. The van der Waals surface area contributed by atoms with Crippen molar-refractivity contribution in [2.75, 3.05) is 11.5 Å². The SMILES string of the molecule is Nc1ncnc2c1c(-c1ccc(Oc3ccc(F)cc3)cc1)nn2C1CCC(O)CC1.Nc1ncnc2c1c(-c1ccc(Oc3ccc(F)cc3)cc1)nn2C1CCC(O)CC1. The van der Waals surface area contributed by atoms with E-state index in [1.54, 1.807) is 24.3 Å². The second-order valence-corrected chi connectivity index (χ2v) is 15.6. The number of nitrogens with zero attached hydrogens (tertiary/aromatic N) is 8. The first-order chi connectivity index (χ1) is 30.2. The third-order valence-electron chi connectivity index (χ3n) is 11.4. The van der Waals surface area contributed by atoms with Crippen molar-refractivity contribution in [1.82, 2.24) is 39.5 Å². The van der Waals surface area contributed by atoms with Crippen LogP contribution in [-0.2, 0) is 0 Å². The number of nitrogens with two attached hydrogens (primary N) is 2. The van der Waals surface area contributed by atoms with Crippen molar-refractivity contribution in [2.45, 2.75) is 75.7 Å². The summed E-state index contributed by atoms with van der Waals surface area (Å²) in [5.74, 6) is 2.52.